The molecule has 2 atom stereocenters. The molecule has 0 heterocycles. The van der Waals surface area contributed by atoms with Crippen LogP contribution in [0.25, 0.3) is 0 Å². The molecule has 0 aromatic heterocycles. The molecule has 0 aliphatic heterocycles. The highest BCUT2D eigenvalue weighted by atomic mass is 32.2. The van der Waals surface area contributed by atoms with Crippen LogP contribution in [0, 0.1) is 6.92 Å². The van der Waals surface area contributed by atoms with E-state index in [4.69, 9.17) is 0 Å². The van der Waals surface area contributed by atoms with Crippen molar-refractivity contribution in [2.24, 2.45) is 0 Å². The quantitative estimate of drug-likeness (QED) is 0.891. The molecular weight excluding hydrogens is 286 g/mol. The van der Waals surface area contributed by atoms with Crippen LogP contribution in [0.5, 0.6) is 0 Å². The molecule has 0 unspecified atom stereocenters. The number of aryl methyl sites for hydroxylation is 1. The van der Waals surface area contributed by atoms with E-state index in [1.807, 2.05) is 13.0 Å². The number of benzene rings is 2. The molecule has 0 saturated heterocycles. The van der Waals surface area contributed by atoms with Gasteiger partial charge < -0.3 is 5.11 Å². The lowest BCUT2D eigenvalue weighted by Gasteiger charge is -2.20. The number of rotatable bonds is 5. The Labute approximate surface area is 125 Å². The third-order valence-electron chi connectivity index (χ3n) is 3.29. The zero-order chi connectivity index (χ0) is 15.5. The first kappa shape index (κ1) is 15.7. The highest BCUT2D eigenvalue weighted by molar-refractivity contribution is 7.89. The molecule has 0 bridgehead atoms. The maximum Gasteiger partial charge on any atom is 0.240 e. The van der Waals surface area contributed by atoms with E-state index in [2.05, 4.69) is 4.72 Å². The Hall–Kier alpha value is -1.69. The van der Waals surface area contributed by atoms with Gasteiger partial charge in [0.15, 0.2) is 0 Å². The molecule has 0 fully saturated rings. The van der Waals surface area contributed by atoms with Crippen molar-refractivity contribution >= 4 is 10.0 Å². The van der Waals surface area contributed by atoms with Crippen LogP contribution in [0.4, 0.5) is 0 Å². The van der Waals surface area contributed by atoms with Crippen LogP contribution < -0.4 is 4.72 Å². The Bertz CT molecular complexity index is 681. The number of sulfonamides is 1. The lowest BCUT2D eigenvalue weighted by atomic mass is 10.0. The second-order valence-electron chi connectivity index (χ2n) is 5.08. The zero-order valence-corrected chi connectivity index (χ0v) is 12.8. The molecule has 2 N–H and O–H groups in total. The summed E-state index contributed by atoms with van der Waals surface area (Å²) in [5, 5.41) is 10.2. The standard InChI is InChI=1S/C16H19NO3S/c1-12-8-10-15(11-9-12)21(19,20)17-13(2)16(18)14-6-4-3-5-7-14/h3-11,13,16-18H,1-2H3/t13-,16+/m1/s1. The van der Waals surface area contributed by atoms with Crippen LogP contribution >= 0.6 is 0 Å². The summed E-state index contributed by atoms with van der Waals surface area (Å²) in [4.78, 5) is 0.195. The summed E-state index contributed by atoms with van der Waals surface area (Å²) in [5.74, 6) is 0. The summed E-state index contributed by atoms with van der Waals surface area (Å²) in [6, 6.07) is 15.0. The molecule has 0 spiro atoms. The first-order chi connectivity index (χ1) is 9.90. The van der Waals surface area contributed by atoms with Crippen LogP contribution in [0.2, 0.25) is 0 Å². The minimum atomic E-state index is -3.64. The monoisotopic (exact) mass is 305 g/mol. The molecule has 4 nitrogen and oxygen atoms in total. The molecule has 2 aromatic carbocycles. The van der Waals surface area contributed by atoms with Crippen LogP contribution in [-0.2, 0) is 10.0 Å². The topological polar surface area (TPSA) is 66.4 Å². The van der Waals surface area contributed by atoms with Gasteiger partial charge in [0.1, 0.15) is 0 Å². The minimum absolute atomic E-state index is 0.195. The fourth-order valence-corrected chi connectivity index (χ4v) is 3.28. The van der Waals surface area contributed by atoms with Gasteiger partial charge in [0.2, 0.25) is 10.0 Å². The fourth-order valence-electron chi connectivity index (χ4n) is 2.03. The van der Waals surface area contributed by atoms with Crippen molar-refractivity contribution in [3.63, 3.8) is 0 Å². The van der Waals surface area contributed by atoms with Crippen molar-refractivity contribution in [1.29, 1.82) is 0 Å². The molecule has 0 radical (unpaired) electrons. The van der Waals surface area contributed by atoms with Crippen LogP contribution in [0.3, 0.4) is 0 Å². The molecule has 0 aliphatic rings. The third kappa shape index (κ3) is 3.91. The van der Waals surface area contributed by atoms with Gasteiger partial charge in [-0.2, -0.15) is 0 Å². The molecule has 5 heteroatoms. The Morgan fingerprint density at radius 2 is 1.57 bits per heavy atom. The highest BCUT2D eigenvalue weighted by Gasteiger charge is 2.23. The van der Waals surface area contributed by atoms with E-state index in [9.17, 15) is 13.5 Å². The van der Waals surface area contributed by atoms with E-state index >= 15 is 0 Å². The van der Waals surface area contributed by atoms with Gasteiger partial charge >= 0.3 is 0 Å². The lowest BCUT2D eigenvalue weighted by Crippen LogP contribution is -2.37. The fraction of sp³-hybridized carbons (Fsp3) is 0.250. The van der Waals surface area contributed by atoms with Gasteiger partial charge in [0, 0.05) is 6.04 Å². The van der Waals surface area contributed by atoms with Gasteiger partial charge in [-0.05, 0) is 31.5 Å². The molecule has 2 aromatic rings. The summed E-state index contributed by atoms with van der Waals surface area (Å²) in [6.45, 7) is 3.54. The minimum Gasteiger partial charge on any atom is -0.387 e. The van der Waals surface area contributed by atoms with Crippen molar-refractivity contribution in [2.75, 3.05) is 0 Å². The van der Waals surface area contributed by atoms with Crippen LogP contribution in [-0.4, -0.2) is 19.6 Å². The summed E-state index contributed by atoms with van der Waals surface area (Å²) in [6.07, 6.45) is -0.897. The molecule has 2 rings (SSSR count). The van der Waals surface area contributed by atoms with E-state index in [-0.39, 0.29) is 4.90 Å². The molecule has 21 heavy (non-hydrogen) atoms. The smallest absolute Gasteiger partial charge is 0.240 e. The average Bonchev–Trinajstić information content (AvgIpc) is 2.47. The summed E-state index contributed by atoms with van der Waals surface area (Å²) in [7, 11) is -3.64. The van der Waals surface area contributed by atoms with Crippen molar-refractivity contribution < 1.29 is 13.5 Å². The van der Waals surface area contributed by atoms with E-state index < -0.39 is 22.2 Å². The summed E-state index contributed by atoms with van der Waals surface area (Å²) < 4.78 is 27.0. The van der Waals surface area contributed by atoms with Gasteiger partial charge in [0.05, 0.1) is 11.0 Å². The Kier molecular flexibility index (Phi) is 4.77. The average molecular weight is 305 g/mol. The molecule has 0 amide bonds. The largest absolute Gasteiger partial charge is 0.387 e. The second-order valence-corrected chi connectivity index (χ2v) is 6.79. The highest BCUT2D eigenvalue weighted by Crippen LogP contribution is 2.18. The van der Waals surface area contributed by atoms with Crippen LogP contribution in [0.1, 0.15) is 24.2 Å². The van der Waals surface area contributed by atoms with Gasteiger partial charge in [-0.15, -0.1) is 0 Å². The van der Waals surface area contributed by atoms with Gasteiger partial charge in [-0.1, -0.05) is 48.0 Å². The lowest BCUT2D eigenvalue weighted by molar-refractivity contribution is 0.146. The number of aliphatic hydroxyl groups is 1. The first-order valence-electron chi connectivity index (χ1n) is 6.72. The third-order valence-corrected chi connectivity index (χ3v) is 4.86. The summed E-state index contributed by atoms with van der Waals surface area (Å²) in [5.41, 5.74) is 1.67. The van der Waals surface area contributed by atoms with Crippen LogP contribution in [0.15, 0.2) is 59.5 Å². The van der Waals surface area contributed by atoms with Gasteiger partial charge in [0.25, 0.3) is 0 Å². The van der Waals surface area contributed by atoms with Gasteiger partial charge in [-0.3, -0.25) is 0 Å². The Morgan fingerprint density at radius 1 is 1.00 bits per heavy atom. The van der Waals surface area contributed by atoms with Gasteiger partial charge in [-0.25, -0.2) is 13.1 Å². The Balaban J connectivity index is 2.14. The van der Waals surface area contributed by atoms with Crippen molar-refractivity contribution in [3.8, 4) is 0 Å². The maximum absolute atomic E-state index is 12.3. The maximum atomic E-state index is 12.3. The van der Waals surface area contributed by atoms with Crippen molar-refractivity contribution in [2.45, 2.75) is 30.9 Å². The van der Waals surface area contributed by atoms with E-state index in [0.29, 0.717) is 5.56 Å². The second kappa shape index (κ2) is 6.39. The first-order valence-corrected chi connectivity index (χ1v) is 8.20. The van der Waals surface area contributed by atoms with E-state index in [1.165, 1.54) is 0 Å². The number of nitrogens with one attached hydrogen (secondary N) is 1. The molecule has 0 saturated carbocycles. The predicted octanol–water partition coefficient (Wildman–Crippen LogP) is 2.40. The van der Waals surface area contributed by atoms with Crippen molar-refractivity contribution in [1.82, 2.24) is 4.72 Å². The number of hydrogen-bond donors (Lipinski definition) is 2. The molecular formula is C16H19NO3S. The van der Waals surface area contributed by atoms with Crippen molar-refractivity contribution in [3.05, 3.63) is 65.7 Å². The normalized spacial score (nSPS) is 14.6. The predicted molar refractivity (Wildman–Crippen MR) is 82.4 cm³/mol. The molecule has 0 aliphatic carbocycles. The zero-order valence-electron chi connectivity index (χ0n) is 12.0. The summed E-state index contributed by atoms with van der Waals surface area (Å²) >= 11 is 0. The van der Waals surface area contributed by atoms with E-state index in [1.54, 1.807) is 55.5 Å². The number of hydrogen-bond acceptors (Lipinski definition) is 3. The molecule has 112 valence electrons. The van der Waals surface area contributed by atoms with E-state index in [0.717, 1.165) is 5.56 Å². The SMILES string of the molecule is Cc1ccc(S(=O)(=O)N[C@H](C)[C@H](O)c2ccccc2)cc1. The Morgan fingerprint density at radius 3 is 2.14 bits per heavy atom. The number of aliphatic hydroxyl groups excluding tert-OH is 1.